The Morgan fingerprint density at radius 1 is 1.11 bits per heavy atom. The van der Waals surface area contributed by atoms with Crippen LogP contribution < -0.4 is 10.2 Å². The van der Waals surface area contributed by atoms with Gasteiger partial charge in [0.05, 0.1) is 0 Å². The first-order valence-corrected chi connectivity index (χ1v) is 7.91. The predicted molar refractivity (Wildman–Crippen MR) is 80.4 cm³/mol. The number of benzene rings is 1. The molecule has 1 aliphatic carbocycles. The number of piperidine rings is 1. The lowest BCUT2D eigenvalue weighted by Crippen LogP contribution is -2.29. The molecular formula is C17H25N2. The van der Waals surface area contributed by atoms with Crippen LogP contribution in [0.1, 0.15) is 50.5 Å². The molecule has 2 heteroatoms. The summed E-state index contributed by atoms with van der Waals surface area (Å²) in [7, 11) is 0. The number of nitrogens with one attached hydrogen (secondary N) is 1. The van der Waals surface area contributed by atoms with Crippen LogP contribution in [0.5, 0.6) is 0 Å². The number of nitrogens with zero attached hydrogens (tertiary/aromatic N) is 1. The standard InChI is InChI=1S/C17H25N2/c1-4-11-19(12-5-1)17-10-6-7-15(13-17)14-18-16-8-2-3-9-16/h6,10,13,16,18H,1-5,8-9,11-12,14H2. The van der Waals surface area contributed by atoms with Crippen molar-refractivity contribution in [3.05, 3.63) is 29.8 Å². The molecular weight excluding hydrogens is 232 g/mol. The molecule has 2 aliphatic rings. The maximum Gasteiger partial charge on any atom is 0.0369 e. The topological polar surface area (TPSA) is 15.3 Å². The van der Waals surface area contributed by atoms with E-state index in [2.05, 4.69) is 34.5 Å². The highest BCUT2D eigenvalue weighted by Gasteiger charge is 2.14. The average Bonchev–Trinajstić information content (AvgIpc) is 3.00. The maximum atomic E-state index is 3.68. The molecule has 19 heavy (non-hydrogen) atoms. The van der Waals surface area contributed by atoms with Gasteiger partial charge in [0.2, 0.25) is 0 Å². The monoisotopic (exact) mass is 257 g/mol. The van der Waals surface area contributed by atoms with Crippen molar-refractivity contribution in [2.75, 3.05) is 18.0 Å². The van der Waals surface area contributed by atoms with E-state index in [0.29, 0.717) is 0 Å². The summed E-state index contributed by atoms with van der Waals surface area (Å²) < 4.78 is 0. The summed E-state index contributed by atoms with van der Waals surface area (Å²) in [4.78, 5) is 2.52. The molecule has 3 rings (SSSR count). The normalized spacial score (nSPS) is 20.9. The highest BCUT2D eigenvalue weighted by molar-refractivity contribution is 5.48. The molecule has 0 atom stereocenters. The average molecular weight is 257 g/mol. The Labute approximate surface area is 117 Å². The summed E-state index contributed by atoms with van der Waals surface area (Å²) in [6.07, 6.45) is 9.58. The minimum Gasteiger partial charge on any atom is -0.372 e. The SMILES string of the molecule is [c]1ccc(N2CCCCC2)cc1CNC1CCCC1. The molecule has 2 fully saturated rings. The summed E-state index contributed by atoms with van der Waals surface area (Å²) >= 11 is 0. The van der Waals surface area contributed by atoms with Crippen LogP contribution in [0.25, 0.3) is 0 Å². The third-order valence-corrected chi connectivity index (χ3v) is 4.50. The van der Waals surface area contributed by atoms with Crippen LogP contribution >= 0.6 is 0 Å². The fraction of sp³-hybridized carbons (Fsp3) is 0.647. The fourth-order valence-corrected chi connectivity index (χ4v) is 3.34. The zero-order valence-corrected chi connectivity index (χ0v) is 11.8. The van der Waals surface area contributed by atoms with Crippen molar-refractivity contribution in [1.29, 1.82) is 0 Å². The summed E-state index contributed by atoms with van der Waals surface area (Å²) in [5.74, 6) is 0. The molecule has 1 aromatic rings. The van der Waals surface area contributed by atoms with Gasteiger partial charge in [0.15, 0.2) is 0 Å². The van der Waals surface area contributed by atoms with E-state index >= 15 is 0 Å². The minimum atomic E-state index is 0.743. The van der Waals surface area contributed by atoms with Crippen molar-refractivity contribution in [2.24, 2.45) is 0 Å². The summed E-state index contributed by atoms with van der Waals surface area (Å²) in [6.45, 7) is 3.42. The van der Waals surface area contributed by atoms with E-state index in [1.54, 1.807) is 0 Å². The van der Waals surface area contributed by atoms with Crippen molar-refractivity contribution in [1.82, 2.24) is 5.32 Å². The molecule has 0 amide bonds. The molecule has 0 unspecified atom stereocenters. The van der Waals surface area contributed by atoms with Gasteiger partial charge in [-0.25, -0.2) is 0 Å². The lowest BCUT2D eigenvalue weighted by Gasteiger charge is -2.29. The van der Waals surface area contributed by atoms with Gasteiger partial charge in [-0.15, -0.1) is 0 Å². The first kappa shape index (κ1) is 13.0. The maximum absolute atomic E-state index is 3.68. The third-order valence-electron chi connectivity index (χ3n) is 4.50. The van der Waals surface area contributed by atoms with Crippen molar-refractivity contribution in [3.63, 3.8) is 0 Å². The van der Waals surface area contributed by atoms with E-state index in [9.17, 15) is 0 Å². The van der Waals surface area contributed by atoms with Crippen LogP contribution in [0.2, 0.25) is 0 Å². The van der Waals surface area contributed by atoms with Gasteiger partial charge < -0.3 is 10.2 Å². The highest BCUT2D eigenvalue weighted by Crippen LogP contribution is 2.22. The van der Waals surface area contributed by atoms with Gasteiger partial charge in [-0.1, -0.05) is 18.9 Å². The van der Waals surface area contributed by atoms with Crippen LogP contribution in [0.4, 0.5) is 5.69 Å². The van der Waals surface area contributed by atoms with Gasteiger partial charge in [0.1, 0.15) is 0 Å². The molecule has 103 valence electrons. The Bertz CT molecular complexity index is 390. The quantitative estimate of drug-likeness (QED) is 0.888. The number of hydrogen-bond acceptors (Lipinski definition) is 2. The second-order valence-electron chi connectivity index (χ2n) is 5.98. The van der Waals surface area contributed by atoms with Gasteiger partial charge in [-0.2, -0.15) is 0 Å². The second-order valence-corrected chi connectivity index (χ2v) is 5.98. The van der Waals surface area contributed by atoms with Gasteiger partial charge >= 0.3 is 0 Å². The molecule has 1 heterocycles. The molecule has 1 saturated carbocycles. The van der Waals surface area contributed by atoms with Gasteiger partial charge in [0, 0.05) is 31.4 Å². The van der Waals surface area contributed by atoms with E-state index in [1.165, 1.54) is 69.3 Å². The lowest BCUT2D eigenvalue weighted by molar-refractivity contribution is 0.523. The number of rotatable bonds is 4. The van der Waals surface area contributed by atoms with E-state index in [0.717, 1.165) is 12.6 Å². The molecule has 0 aromatic heterocycles. The molecule has 1 radical (unpaired) electrons. The van der Waals surface area contributed by atoms with Crippen molar-refractivity contribution >= 4 is 5.69 Å². The van der Waals surface area contributed by atoms with E-state index in [4.69, 9.17) is 0 Å². The molecule has 1 aromatic carbocycles. The van der Waals surface area contributed by atoms with Crippen LogP contribution in [0, 0.1) is 6.07 Å². The van der Waals surface area contributed by atoms with Crippen molar-refractivity contribution in [3.8, 4) is 0 Å². The lowest BCUT2D eigenvalue weighted by atomic mass is 10.1. The molecule has 1 N–H and O–H groups in total. The first-order valence-electron chi connectivity index (χ1n) is 7.91. The van der Waals surface area contributed by atoms with Crippen LogP contribution in [0.3, 0.4) is 0 Å². The number of hydrogen-bond donors (Lipinski definition) is 1. The molecule has 2 nitrogen and oxygen atoms in total. The van der Waals surface area contributed by atoms with E-state index < -0.39 is 0 Å². The molecule has 1 saturated heterocycles. The first-order chi connectivity index (χ1) is 9.42. The van der Waals surface area contributed by atoms with Crippen molar-refractivity contribution < 1.29 is 0 Å². The Morgan fingerprint density at radius 2 is 1.89 bits per heavy atom. The third kappa shape index (κ3) is 3.50. The Kier molecular flexibility index (Phi) is 4.39. The van der Waals surface area contributed by atoms with Gasteiger partial charge in [-0.05, 0) is 55.9 Å². The number of anilines is 1. The predicted octanol–water partition coefficient (Wildman–Crippen LogP) is 3.51. The Hall–Kier alpha value is -1.02. The van der Waals surface area contributed by atoms with E-state index in [-0.39, 0.29) is 0 Å². The summed E-state index contributed by atoms with van der Waals surface area (Å²) in [6, 6.07) is 10.8. The Balaban J connectivity index is 1.58. The Morgan fingerprint density at radius 3 is 2.68 bits per heavy atom. The summed E-state index contributed by atoms with van der Waals surface area (Å²) in [5, 5.41) is 3.68. The fourth-order valence-electron chi connectivity index (χ4n) is 3.34. The van der Waals surface area contributed by atoms with Crippen LogP contribution in [0.15, 0.2) is 18.2 Å². The molecule has 0 bridgehead atoms. The second kappa shape index (κ2) is 6.42. The van der Waals surface area contributed by atoms with Crippen LogP contribution in [-0.2, 0) is 6.54 Å². The van der Waals surface area contributed by atoms with E-state index in [1.807, 2.05) is 0 Å². The van der Waals surface area contributed by atoms with Crippen molar-refractivity contribution in [2.45, 2.75) is 57.5 Å². The largest absolute Gasteiger partial charge is 0.372 e. The van der Waals surface area contributed by atoms with Gasteiger partial charge in [0.25, 0.3) is 0 Å². The minimum absolute atomic E-state index is 0.743. The smallest absolute Gasteiger partial charge is 0.0369 e. The van der Waals surface area contributed by atoms with Gasteiger partial charge in [-0.3, -0.25) is 0 Å². The molecule has 0 spiro atoms. The zero-order chi connectivity index (χ0) is 12.9. The zero-order valence-electron chi connectivity index (χ0n) is 11.8. The molecule has 1 aliphatic heterocycles. The van der Waals surface area contributed by atoms with Crippen LogP contribution in [-0.4, -0.2) is 19.1 Å². The highest BCUT2D eigenvalue weighted by atomic mass is 15.1. The summed E-state index contributed by atoms with van der Waals surface area (Å²) in [5.41, 5.74) is 2.71.